The Morgan fingerprint density at radius 1 is 1.24 bits per heavy atom. The zero-order valence-corrected chi connectivity index (χ0v) is 9.49. The van der Waals surface area contributed by atoms with Crippen LogP contribution in [0.3, 0.4) is 0 Å². The summed E-state index contributed by atoms with van der Waals surface area (Å²) < 4.78 is 0. The lowest BCUT2D eigenvalue weighted by Gasteiger charge is -2.39. The van der Waals surface area contributed by atoms with Crippen molar-refractivity contribution in [3.8, 4) is 11.3 Å². The predicted octanol–water partition coefficient (Wildman–Crippen LogP) is 1.71. The van der Waals surface area contributed by atoms with Crippen LogP contribution in [0.15, 0.2) is 35.3 Å². The third-order valence-electron chi connectivity index (χ3n) is 3.60. The SMILES string of the molecule is NC1(c2ccccc2-c2c[nH]c(=O)[nH]2)CCC1. The lowest BCUT2D eigenvalue weighted by atomic mass is 9.71. The molecular formula is C13H15N3O. The molecule has 4 heteroatoms. The minimum absolute atomic E-state index is 0.186. The van der Waals surface area contributed by atoms with Gasteiger partial charge < -0.3 is 15.7 Å². The fraction of sp³-hybridized carbons (Fsp3) is 0.308. The summed E-state index contributed by atoms with van der Waals surface area (Å²) in [6, 6.07) is 8.02. The summed E-state index contributed by atoms with van der Waals surface area (Å²) in [5.74, 6) is 0. The molecule has 88 valence electrons. The second kappa shape index (κ2) is 3.60. The molecule has 17 heavy (non-hydrogen) atoms. The van der Waals surface area contributed by atoms with Crippen molar-refractivity contribution in [2.45, 2.75) is 24.8 Å². The van der Waals surface area contributed by atoms with E-state index in [1.807, 2.05) is 18.2 Å². The minimum atomic E-state index is -0.218. The average molecular weight is 229 g/mol. The number of aromatic nitrogens is 2. The van der Waals surface area contributed by atoms with E-state index in [1.54, 1.807) is 6.20 Å². The molecule has 1 fully saturated rings. The highest BCUT2D eigenvalue weighted by Crippen LogP contribution is 2.42. The summed E-state index contributed by atoms with van der Waals surface area (Å²) in [5.41, 5.74) is 8.92. The third kappa shape index (κ3) is 1.61. The van der Waals surface area contributed by atoms with E-state index >= 15 is 0 Å². The monoisotopic (exact) mass is 229 g/mol. The molecule has 1 aromatic heterocycles. The lowest BCUT2D eigenvalue weighted by molar-refractivity contribution is 0.254. The molecule has 0 unspecified atom stereocenters. The first-order valence-corrected chi connectivity index (χ1v) is 5.85. The molecule has 1 aliphatic rings. The zero-order valence-electron chi connectivity index (χ0n) is 9.49. The Morgan fingerprint density at radius 2 is 2.00 bits per heavy atom. The van der Waals surface area contributed by atoms with Gasteiger partial charge in [-0.15, -0.1) is 0 Å². The molecule has 0 spiro atoms. The maximum atomic E-state index is 11.2. The van der Waals surface area contributed by atoms with Gasteiger partial charge in [0, 0.05) is 17.3 Å². The highest BCUT2D eigenvalue weighted by molar-refractivity contribution is 5.65. The van der Waals surface area contributed by atoms with Gasteiger partial charge >= 0.3 is 5.69 Å². The first-order valence-electron chi connectivity index (χ1n) is 5.85. The van der Waals surface area contributed by atoms with Crippen molar-refractivity contribution >= 4 is 0 Å². The summed E-state index contributed by atoms with van der Waals surface area (Å²) in [6.45, 7) is 0. The standard InChI is InChI=1S/C13H15N3O/c14-13(6-3-7-13)10-5-2-1-4-9(10)11-8-15-12(17)16-11/h1-2,4-5,8H,3,6-7,14H2,(H2,15,16,17). The summed E-state index contributed by atoms with van der Waals surface area (Å²) >= 11 is 0. The van der Waals surface area contributed by atoms with Crippen LogP contribution in [0.1, 0.15) is 24.8 Å². The molecule has 0 atom stereocenters. The Balaban J connectivity index is 2.14. The molecule has 1 aliphatic carbocycles. The van der Waals surface area contributed by atoms with Crippen LogP contribution in [0.25, 0.3) is 11.3 Å². The first-order chi connectivity index (χ1) is 8.19. The van der Waals surface area contributed by atoms with Crippen LogP contribution in [0.4, 0.5) is 0 Å². The van der Waals surface area contributed by atoms with Crippen LogP contribution in [-0.2, 0) is 5.54 Å². The number of aromatic amines is 2. The van der Waals surface area contributed by atoms with E-state index in [0.717, 1.165) is 29.7 Å². The molecule has 0 bridgehead atoms. The van der Waals surface area contributed by atoms with Gasteiger partial charge in [-0.2, -0.15) is 0 Å². The quantitative estimate of drug-likeness (QED) is 0.733. The largest absolute Gasteiger partial charge is 0.323 e. The molecule has 0 amide bonds. The fourth-order valence-corrected chi connectivity index (χ4v) is 2.46. The molecule has 4 N–H and O–H groups in total. The van der Waals surface area contributed by atoms with Gasteiger partial charge in [0.1, 0.15) is 0 Å². The van der Waals surface area contributed by atoms with Crippen molar-refractivity contribution in [1.29, 1.82) is 0 Å². The van der Waals surface area contributed by atoms with Crippen LogP contribution in [0, 0.1) is 0 Å². The van der Waals surface area contributed by atoms with Crippen molar-refractivity contribution < 1.29 is 0 Å². The summed E-state index contributed by atoms with van der Waals surface area (Å²) in [7, 11) is 0. The Bertz CT molecular complexity index is 592. The van der Waals surface area contributed by atoms with E-state index in [2.05, 4.69) is 16.0 Å². The van der Waals surface area contributed by atoms with E-state index in [0.29, 0.717) is 0 Å². The molecule has 0 aliphatic heterocycles. The number of imidazole rings is 1. The maximum absolute atomic E-state index is 11.2. The summed E-state index contributed by atoms with van der Waals surface area (Å²) in [4.78, 5) is 16.6. The van der Waals surface area contributed by atoms with Crippen LogP contribution < -0.4 is 11.4 Å². The molecule has 1 aromatic carbocycles. The van der Waals surface area contributed by atoms with Gasteiger partial charge in [0.05, 0.1) is 5.69 Å². The van der Waals surface area contributed by atoms with Gasteiger partial charge in [-0.3, -0.25) is 0 Å². The topological polar surface area (TPSA) is 74.7 Å². The molecule has 1 saturated carbocycles. The summed E-state index contributed by atoms with van der Waals surface area (Å²) in [5, 5.41) is 0. The number of benzene rings is 1. The first kappa shape index (κ1) is 10.4. The Kier molecular flexibility index (Phi) is 2.19. The van der Waals surface area contributed by atoms with Crippen molar-refractivity contribution in [2.75, 3.05) is 0 Å². The normalized spacial score (nSPS) is 17.7. The smallest absolute Gasteiger partial charge is 0.321 e. The second-order valence-corrected chi connectivity index (χ2v) is 4.71. The van der Waals surface area contributed by atoms with Gasteiger partial charge in [-0.25, -0.2) is 4.79 Å². The Hall–Kier alpha value is -1.81. The van der Waals surface area contributed by atoms with Gasteiger partial charge in [0.25, 0.3) is 0 Å². The predicted molar refractivity (Wildman–Crippen MR) is 66.6 cm³/mol. The summed E-state index contributed by atoms with van der Waals surface area (Å²) in [6.07, 6.45) is 4.90. The Morgan fingerprint density at radius 3 is 2.59 bits per heavy atom. The average Bonchev–Trinajstić information content (AvgIpc) is 2.73. The van der Waals surface area contributed by atoms with Crippen molar-refractivity contribution in [2.24, 2.45) is 5.73 Å². The third-order valence-corrected chi connectivity index (χ3v) is 3.60. The van der Waals surface area contributed by atoms with E-state index in [1.165, 1.54) is 6.42 Å². The molecule has 1 heterocycles. The molecule has 2 aromatic rings. The number of H-pyrrole nitrogens is 2. The molecule has 0 radical (unpaired) electrons. The fourth-order valence-electron chi connectivity index (χ4n) is 2.46. The van der Waals surface area contributed by atoms with Crippen molar-refractivity contribution in [1.82, 2.24) is 9.97 Å². The van der Waals surface area contributed by atoms with E-state index < -0.39 is 0 Å². The van der Waals surface area contributed by atoms with Gasteiger partial charge in [0.2, 0.25) is 0 Å². The van der Waals surface area contributed by atoms with E-state index in [4.69, 9.17) is 5.73 Å². The number of hydrogen-bond acceptors (Lipinski definition) is 2. The van der Waals surface area contributed by atoms with Crippen LogP contribution in [0.2, 0.25) is 0 Å². The van der Waals surface area contributed by atoms with Crippen molar-refractivity contribution in [3.05, 3.63) is 46.5 Å². The van der Waals surface area contributed by atoms with E-state index in [9.17, 15) is 4.79 Å². The highest BCUT2D eigenvalue weighted by Gasteiger charge is 2.36. The molecular weight excluding hydrogens is 214 g/mol. The number of nitrogens with one attached hydrogen (secondary N) is 2. The lowest BCUT2D eigenvalue weighted by Crippen LogP contribution is -2.43. The van der Waals surface area contributed by atoms with Gasteiger partial charge in [-0.1, -0.05) is 24.3 Å². The second-order valence-electron chi connectivity index (χ2n) is 4.71. The molecule has 3 rings (SSSR count). The van der Waals surface area contributed by atoms with Crippen LogP contribution in [0.5, 0.6) is 0 Å². The highest BCUT2D eigenvalue weighted by atomic mass is 16.1. The Labute approximate surface area is 98.9 Å². The molecule has 0 saturated heterocycles. The van der Waals surface area contributed by atoms with E-state index in [-0.39, 0.29) is 11.2 Å². The number of rotatable bonds is 2. The van der Waals surface area contributed by atoms with Gasteiger partial charge in [0.15, 0.2) is 0 Å². The number of hydrogen-bond donors (Lipinski definition) is 3. The van der Waals surface area contributed by atoms with Gasteiger partial charge in [-0.05, 0) is 24.8 Å². The van der Waals surface area contributed by atoms with Crippen molar-refractivity contribution in [3.63, 3.8) is 0 Å². The van der Waals surface area contributed by atoms with Crippen LogP contribution in [-0.4, -0.2) is 9.97 Å². The van der Waals surface area contributed by atoms with Crippen LogP contribution >= 0.6 is 0 Å². The minimum Gasteiger partial charge on any atom is -0.321 e. The maximum Gasteiger partial charge on any atom is 0.323 e. The zero-order chi connectivity index (χ0) is 11.9. The molecule has 4 nitrogen and oxygen atoms in total. The number of nitrogens with two attached hydrogens (primary N) is 1.